The second-order valence-electron chi connectivity index (χ2n) is 5.68. The predicted octanol–water partition coefficient (Wildman–Crippen LogP) is 2.97. The normalized spacial score (nSPS) is 19.2. The van der Waals surface area contributed by atoms with E-state index in [0.29, 0.717) is 11.6 Å². The topological polar surface area (TPSA) is 72.4 Å². The molecule has 1 fully saturated rings. The van der Waals surface area contributed by atoms with Gasteiger partial charge < -0.3 is 4.74 Å². The first-order chi connectivity index (χ1) is 12.0. The minimum absolute atomic E-state index is 0.202. The van der Waals surface area contributed by atoms with Crippen molar-refractivity contribution in [3.05, 3.63) is 58.7 Å². The summed E-state index contributed by atoms with van der Waals surface area (Å²) in [6.07, 6.45) is 5.68. The third kappa shape index (κ3) is 5.01. The fraction of sp³-hybridized carbons (Fsp3) is 0.294. The molecule has 2 heterocycles. The molecule has 0 radical (unpaired) electrons. The Morgan fingerprint density at radius 1 is 1.20 bits per heavy atom. The van der Waals surface area contributed by atoms with Crippen molar-refractivity contribution in [3.63, 3.8) is 0 Å². The first-order valence-corrected chi connectivity index (χ1v) is 9.78. The van der Waals surface area contributed by atoms with Crippen LogP contribution >= 0.6 is 11.6 Å². The van der Waals surface area contributed by atoms with Gasteiger partial charge in [-0.1, -0.05) is 41.9 Å². The molecule has 1 unspecified atom stereocenters. The molecule has 0 N–H and O–H groups in total. The van der Waals surface area contributed by atoms with Crippen molar-refractivity contribution in [1.29, 1.82) is 0 Å². The molecule has 25 heavy (non-hydrogen) atoms. The van der Waals surface area contributed by atoms with Crippen LogP contribution in [0.5, 0.6) is 6.01 Å². The lowest BCUT2D eigenvalue weighted by Crippen LogP contribution is -2.43. The number of rotatable bonds is 5. The summed E-state index contributed by atoms with van der Waals surface area (Å²) >= 11 is 5.75. The minimum Gasteiger partial charge on any atom is -0.459 e. The SMILES string of the molecule is O=S(=O)(C=Cc1ccccc1)N1CCCC(Oc2ncc(Cl)cn2)C1. The van der Waals surface area contributed by atoms with Crippen LogP contribution in [0, 0.1) is 0 Å². The van der Waals surface area contributed by atoms with E-state index < -0.39 is 10.0 Å². The molecule has 1 aromatic carbocycles. The van der Waals surface area contributed by atoms with E-state index >= 15 is 0 Å². The van der Waals surface area contributed by atoms with Crippen LogP contribution in [0.4, 0.5) is 0 Å². The molecule has 0 saturated carbocycles. The predicted molar refractivity (Wildman–Crippen MR) is 96.7 cm³/mol. The van der Waals surface area contributed by atoms with E-state index in [2.05, 4.69) is 9.97 Å². The maximum atomic E-state index is 12.5. The van der Waals surface area contributed by atoms with Gasteiger partial charge in [-0.3, -0.25) is 0 Å². The van der Waals surface area contributed by atoms with E-state index in [1.807, 2.05) is 30.3 Å². The van der Waals surface area contributed by atoms with E-state index in [9.17, 15) is 8.42 Å². The molecule has 1 aliphatic heterocycles. The molecule has 2 aromatic rings. The first kappa shape index (κ1) is 17.8. The van der Waals surface area contributed by atoms with Gasteiger partial charge in [0, 0.05) is 12.0 Å². The van der Waals surface area contributed by atoms with Gasteiger partial charge in [0.1, 0.15) is 6.10 Å². The number of benzene rings is 1. The summed E-state index contributed by atoms with van der Waals surface area (Å²) in [6, 6.07) is 9.52. The van der Waals surface area contributed by atoms with Gasteiger partial charge in [0.05, 0.1) is 24.0 Å². The second-order valence-corrected chi connectivity index (χ2v) is 7.94. The Morgan fingerprint density at radius 2 is 1.92 bits per heavy atom. The lowest BCUT2D eigenvalue weighted by molar-refractivity contribution is 0.120. The fourth-order valence-electron chi connectivity index (χ4n) is 2.56. The Labute approximate surface area is 152 Å². The Hall–Kier alpha value is -1.96. The maximum absolute atomic E-state index is 12.5. The van der Waals surface area contributed by atoms with Crippen LogP contribution in [-0.4, -0.2) is 41.9 Å². The second kappa shape index (κ2) is 7.95. The van der Waals surface area contributed by atoms with Gasteiger partial charge in [0.15, 0.2) is 0 Å². The fourth-order valence-corrected chi connectivity index (χ4v) is 3.91. The highest BCUT2D eigenvalue weighted by atomic mass is 35.5. The highest BCUT2D eigenvalue weighted by Gasteiger charge is 2.28. The lowest BCUT2D eigenvalue weighted by atomic mass is 10.1. The van der Waals surface area contributed by atoms with E-state index in [1.54, 1.807) is 6.08 Å². The Morgan fingerprint density at radius 3 is 2.64 bits per heavy atom. The molecule has 1 atom stereocenters. The molecular formula is C17H18ClN3O3S. The molecule has 132 valence electrons. The molecular weight excluding hydrogens is 362 g/mol. The van der Waals surface area contributed by atoms with E-state index in [-0.39, 0.29) is 18.7 Å². The summed E-state index contributed by atoms with van der Waals surface area (Å²) in [5.41, 5.74) is 0.838. The lowest BCUT2D eigenvalue weighted by Gasteiger charge is -2.30. The molecule has 0 aliphatic carbocycles. The Bertz CT molecular complexity index is 826. The average molecular weight is 380 g/mol. The van der Waals surface area contributed by atoms with Crippen LogP contribution in [-0.2, 0) is 10.0 Å². The molecule has 1 aromatic heterocycles. The zero-order chi connectivity index (χ0) is 17.7. The van der Waals surface area contributed by atoms with E-state index in [1.165, 1.54) is 22.1 Å². The van der Waals surface area contributed by atoms with Crippen molar-refractivity contribution in [3.8, 4) is 6.01 Å². The van der Waals surface area contributed by atoms with Gasteiger partial charge in [-0.15, -0.1) is 0 Å². The molecule has 0 spiro atoms. The summed E-state index contributed by atoms with van der Waals surface area (Å²) in [4.78, 5) is 7.98. The van der Waals surface area contributed by atoms with Crippen molar-refractivity contribution in [1.82, 2.24) is 14.3 Å². The Balaban J connectivity index is 1.65. The molecule has 8 heteroatoms. The van der Waals surface area contributed by atoms with Gasteiger partial charge in [-0.25, -0.2) is 18.4 Å². The highest BCUT2D eigenvalue weighted by molar-refractivity contribution is 7.92. The number of sulfonamides is 1. The largest absolute Gasteiger partial charge is 0.459 e. The molecule has 6 nitrogen and oxygen atoms in total. The maximum Gasteiger partial charge on any atom is 0.316 e. The number of halogens is 1. The van der Waals surface area contributed by atoms with Crippen molar-refractivity contribution < 1.29 is 13.2 Å². The van der Waals surface area contributed by atoms with Crippen molar-refractivity contribution >= 4 is 27.7 Å². The van der Waals surface area contributed by atoms with Crippen molar-refractivity contribution in [2.45, 2.75) is 18.9 Å². The highest BCUT2D eigenvalue weighted by Crippen LogP contribution is 2.19. The van der Waals surface area contributed by atoms with Crippen LogP contribution in [0.3, 0.4) is 0 Å². The molecule has 1 saturated heterocycles. The summed E-state index contributed by atoms with van der Waals surface area (Å²) in [6.45, 7) is 0.746. The van der Waals surface area contributed by atoms with Gasteiger partial charge >= 0.3 is 6.01 Å². The van der Waals surface area contributed by atoms with Crippen LogP contribution in [0.2, 0.25) is 5.02 Å². The first-order valence-electron chi connectivity index (χ1n) is 7.90. The quantitative estimate of drug-likeness (QED) is 0.798. The molecule has 3 rings (SSSR count). The van der Waals surface area contributed by atoms with Crippen LogP contribution in [0.25, 0.3) is 6.08 Å². The zero-order valence-electron chi connectivity index (χ0n) is 13.5. The van der Waals surface area contributed by atoms with Gasteiger partial charge in [-0.2, -0.15) is 4.31 Å². The van der Waals surface area contributed by atoms with Crippen LogP contribution < -0.4 is 4.74 Å². The third-order valence-corrected chi connectivity index (χ3v) is 5.53. The van der Waals surface area contributed by atoms with Gasteiger partial charge in [0.2, 0.25) is 10.0 Å². The zero-order valence-corrected chi connectivity index (χ0v) is 15.0. The molecule has 0 amide bonds. The standard InChI is InChI=1S/C17H18ClN3O3S/c18-15-11-19-17(20-12-15)24-16-7-4-9-21(13-16)25(22,23)10-8-14-5-2-1-3-6-14/h1-3,5-6,8,10-12,16H,4,7,9,13H2. The number of aromatic nitrogens is 2. The number of piperidine rings is 1. The minimum atomic E-state index is -3.50. The smallest absolute Gasteiger partial charge is 0.316 e. The number of hydrogen-bond acceptors (Lipinski definition) is 5. The van der Waals surface area contributed by atoms with Crippen LogP contribution in [0.1, 0.15) is 18.4 Å². The molecule has 0 bridgehead atoms. The monoisotopic (exact) mass is 379 g/mol. The Kier molecular flexibility index (Phi) is 5.67. The van der Waals surface area contributed by atoms with Gasteiger partial charge in [-0.05, 0) is 24.5 Å². The summed E-state index contributed by atoms with van der Waals surface area (Å²) < 4.78 is 32.2. The summed E-state index contributed by atoms with van der Waals surface area (Å²) in [5, 5.41) is 1.66. The van der Waals surface area contributed by atoms with Crippen molar-refractivity contribution in [2.75, 3.05) is 13.1 Å². The van der Waals surface area contributed by atoms with E-state index in [0.717, 1.165) is 18.4 Å². The summed E-state index contributed by atoms with van der Waals surface area (Å²) in [5.74, 6) is 0. The number of nitrogens with zero attached hydrogens (tertiary/aromatic N) is 3. The number of ether oxygens (including phenoxy) is 1. The molecule has 1 aliphatic rings. The van der Waals surface area contributed by atoms with Crippen LogP contribution in [0.15, 0.2) is 48.1 Å². The van der Waals surface area contributed by atoms with Gasteiger partial charge in [0.25, 0.3) is 0 Å². The number of hydrogen-bond donors (Lipinski definition) is 0. The van der Waals surface area contributed by atoms with Crippen molar-refractivity contribution in [2.24, 2.45) is 0 Å². The summed E-state index contributed by atoms with van der Waals surface area (Å²) in [7, 11) is -3.50. The van der Waals surface area contributed by atoms with E-state index in [4.69, 9.17) is 16.3 Å². The average Bonchev–Trinajstić information content (AvgIpc) is 2.63. The third-order valence-electron chi connectivity index (χ3n) is 3.80.